The van der Waals surface area contributed by atoms with Crippen molar-refractivity contribution >= 4 is 23.6 Å². The summed E-state index contributed by atoms with van der Waals surface area (Å²) in [5.74, 6) is 0.337. The molecule has 2 aliphatic rings. The van der Waals surface area contributed by atoms with Gasteiger partial charge in [-0.3, -0.25) is 9.59 Å². The van der Waals surface area contributed by atoms with Crippen molar-refractivity contribution in [3.63, 3.8) is 0 Å². The predicted octanol–water partition coefficient (Wildman–Crippen LogP) is 2.45. The Morgan fingerprint density at radius 3 is 2.64 bits per heavy atom. The first-order chi connectivity index (χ1) is 12.0. The Morgan fingerprint density at radius 2 is 2.00 bits per heavy atom. The highest BCUT2D eigenvalue weighted by molar-refractivity contribution is 5.95. The van der Waals surface area contributed by atoms with E-state index in [-0.39, 0.29) is 23.8 Å². The zero-order valence-corrected chi connectivity index (χ0v) is 14.7. The molecule has 5 nitrogen and oxygen atoms in total. The van der Waals surface area contributed by atoms with Gasteiger partial charge in [0.05, 0.1) is 6.10 Å². The molecule has 2 heterocycles. The normalized spacial score (nSPS) is 22.6. The first-order valence-corrected chi connectivity index (χ1v) is 9.10. The molecule has 2 fully saturated rings. The molecule has 2 saturated heterocycles. The highest BCUT2D eigenvalue weighted by Crippen LogP contribution is 2.22. The van der Waals surface area contributed by atoms with Crippen LogP contribution >= 0.6 is 0 Å². The average molecular weight is 342 g/mol. The van der Waals surface area contributed by atoms with Gasteiger partial charge < -0.3 is 14.9 Å². The summed E-state index contributed by atoms with van der Waals surface area (Å²) in [6, 6.07) is 7.72. The van der Waals surface area contributed by atoms with E-state index in [1.54, 1.807) is 13.0 Å². The van der Waals surface area contributed by atoms with Gasteiger partial charge in [0.1, 0.15) is 0 Å². The van der Waals surface area contributed by atoms with Gasteiger partial charge in [-0.15, -0.1) is 0 Å². The van der Waals surface area contributed by atoms with Gasteiger partial charge in [0.15, 0.2) is 0 Å². The second-order valence-corrected chi connectivity index (χ2v) is 7.00. The summed E-state index contributed by atoms with van der Waals surface area (Å²) in [7, 11) is 0. The van der Waals surface area contributed by atoms with Crippen molar-refractivity contribution in [3.05, 3.63) is 35.9 Å². The molecule has 5 heteroatoms. The number of carbonyl (C=O) groups is 2. The lowest BCUT2D eigenvalue weighted by atomic mass is 9.93. The zero-order valence-electron chi connectivity index (χ0n) is 14.7. The molecule has 134 valence electrons. The third-order valence-corrected chi connectivity index (χ3v) is 5.15. The number of hydrogen-bond donors (Lipinski definition) is 1. The number of rotatable bonds is 4. The monoisotopic (exact) mass is 342 g/mol. The first kappa shape index (κ1) is 17.7. The number of piperidine rings is 1. The molecule has 1 aromatic carbocycles. The minimum Gasteiger partial charge on any atom is -0.393 e. The van der Waals surface area contributed by atoms with E-state index in [1.165, 1.54) is 0 Å². The maximum absolute atomic E-state index is 12.4. The highest BCUT2D eigenvalue weighted by Gasteiger charge is 2.25. The van der Waals surface area contributed by atoms with Crippen LogP contribution in [0.2, 0.25) is 0 Å². The smallest absolute Gasteiger partial charge is 0.246 e. The lowest BCUT2D eigenvalue weighted by Gasteiger charge is -2.33. The zero-order chi connectivity index (χ0) is 17.8. The number of benzene rings is 1. The van der Waals surface area contributed by atoms with Crippen molar-refractivity contribution in [2.45, 2.75) is 38.7 Å². The minimum absolute atomic E-state index is 0.0100. The van der Waals surface area contributed by atoms with E-state index >= 15 is 0 Å². The molecule has 0 radical (unpaired) electrons. The van der Waals surface area contributed by atoms with Gasteiger partial charge in [0, 0.05) is 43.7 Å². The van der Waals surface area contributed by atoms with Crippen molar-refractivity contribution in [1.29, 1.82) is 0 Å². The Balaban J connectivity index is 1.59. The van der Waals surface area contributed by atoms with E-state index in [0.717, 1.165) is 43.6 Å². The topological polar surface area (TPSA) is 60.9 Å². The Bertz CT molecular complexity index is 651. The van der Waals surface area contributed by atoms with Crippen LogP contribution in [0, 0.1) is 5.92 Å². The number of carbonyl (C=O) groups excluding carboxylic acids is 2. The SMILES string of the molecule is CC(O)C1CCCN(C(=O)/C=C/c2ccc(N3CCCC3=O)cc2)C1. The summed E-state index contributed by atoms with van der Waals surface area (Å²) in [6.07, 6.45) is 6.48. The number of likely N-dealkylation sites (tertiary alicyclic amines) is 1. The molecule has 1 N–H and O–H groups in total. The van der Waals surface area contributed by atoms with Crippen LogP contribution < -0.4 is 4.90 Å². The molecule has 0 spiro atoms. The van der Waals surface area contributed by atoms with Gasteiger partial charge in [-0.1, -0.05) is 12.1 Å². The Labute approximate surface area is 148 Å². The molecular formula is C20H26N2O3. The summed E-state index contributed by atoms with van der Waals surface area (Å²) in [5, 5.41) is 9.74. The summed E-state index contributed by atoms with van der Waals surface area (Å²) in [6.45, 7) is 3.95. The molecule has 3 rings (SSSR count). The molecule has 25 heavy (non-hydrogen) atoms. The van der Waals surface area contributed by atoms with Crippen LogP contribution in [-0.2, 0) is 9.59 Å². The van der Waals surface area contributed by atoms with E-state index in [9.17, 15) is 14.7 Å². The molecule has 0 saturated carbocycles. The lowest BCUT2D eigenvalue weighted by Crippen LogP contribution is -2.42. The summed E-state index contributed by atoms with van der Waals surface area (Å²) < 4.78 is 0. The predicted molar refractivity (Wildman–Crippen MR) is 98.0 cm³/mol. The number of aliphatic hydroxyl groups excluding tert-OH is 1. The molecule has 0 bridgehead atoms. The summed E-state index contributed by atoms with van der Waals surface area (Å²) in [4.78, 5) is 27.8. The van der Waals surface area contributed by atoms with Gasteiger partial charge in [-0.05, 0) is 50.0 Å². The molecule has 0 aliphatic carbocycles. The van der Waals surface area contributed by atoms with E-state index in [1.807, 2.05) is 40.1 Å². The second kappa shape index (κ2) is 7.83. The fourth-order valence-electron chi connectivity index (χ4n) is 3.56. The van der Waals surface area contributed by atoms with Crippen LogP contribution in [0.3, 0.4) is 0 Å². The van der Waals surface area contributed by atoms with Crippen LogP contribution in [0.5, 0.6) is 0 Å². The van der Waals surface area contributed by atoms with Crippen molar-refractivity contribution in [1.82, 2.24) is 4.90 Å². The third kappa shape index (κ3) is 4.28. The molecule has 2 atom stereocenters. The lowest BCUT2D eigenvalue weighted by molar-refractivity contribution is -0.128. The van der Waals surface area contributed by atoms with Crippen molar-refractivity contribution in [2.75, 3.05) is 24.5 Å². The molecule has 2 aliphatic heterocycles. The summed E-state index contributed by atoms with van der Waals surface area (Å²) >= 11 is 0. The van der Waals surface area contributed by atoms with Gasteiger partial charge in [0.25, 0.3) is 0 Å². The van der Waals surface area contributed by atoms with E-state index in [2.05, 4.69) is 0 Å². The number of anilines is 1. The Kier molecular flexibility index (Phi) is 5.53. The van der Waals surface area contributed by atoms with Crippen LogP contribution in [0.25, 0.3) is 6.08 Å². The molecular weight excluding hydrogens is 316 g/mol. The minimum atomic E-state index is -0.375. The van der Waals surface area contributed by atoms with Crippen molar-refractivity contribution < 1.29 is 14.7 Å². The van der Waals surface area contributed by atoms with Gasteiger partial charge in [0.2, 0.25) is 11.8 Å². The van der Waals surface area contributed by atoms with Gasteiger partial charge in [-0.25, -0.2) is 0 Å². The highest BCUT2D eigenvalue weighted by atomic mass is 16.3. The second-order valence-electron chi connectivity index (χ2n) is 7.00. The maximum Gasteiger partial charge on any atom is 0.246 e. The molecule has 0 aromatic heterocycles. The van der Waals surface area contributed by atoms with E-state index in [0.29, 0.717) is 13.0 Å². The van der Waals surface area contributed by atoms with E-state index in [4.69, 9.17) is 0 Å². The summed E-state index contributed by atoms with van der Waals surface area (Å²) in [5.41, 5.74) is 1.86. The number of hydrogen-bond acceptors (Lipinski definition) is 3. The Hall–Kier alpha value is -2.14. The molecule has 2 unspecified atom stereocenters. The standard InChI is InChI=1S/C20H26N2O3/c1-15(23)17-4-2-12-21(14-17)19(24)11-8-16-6-9-18(10-7-16)22-13-3-5-20(22)25/h6-11,15,17,23H,2-5,12-14H2,1H3/b11-8+. The number of nitrogens with zero attached hydrogens (tertiary/aromatic N) is 2. The first-order valence-electron chi connectivity index (χ1n) is 9.10. The molecule has 1 aromatic rings. The maximum atomic E-state index is 12.4. The van der Waals surface area contributed by atoms with Crippen LogP contribution in [0.4, 0.5) is 5.69 Å². The quantitative estimate of drug-likeness (QED) is 0.855. The number of aliphatic hydroxyl groups is 1. The largest absolute Gasteiger partial charge is 0.393 e. The van der Waals surface area contributed by atoms with Gasteiger partial charge >= 0.3 is 0 Å². The van der Waals surface area contributed by atoms with Crippen LogP contribution in [0.15, 0.2) is 30.3 Å². The third-order valence-electron chi connectivity index (χ3n) is 5.15. The van der Waals surface area contributed by atoms with Crippen molar-refractivity contribution in [3.8, 4) is 0 Å². The fraction of sp³-hybridized carbons (Fsp3) is 0.500. The Morgan fingerprint density at radius 1 is 1.24 bits per heavy atom. The van der Waals surface area contributed by atoms with Crippen LogP contribution in [0.1, 0.15) is 38.2 Å². The average Bonchev–Trinajstić information content (AvgIpc) is 3.06. The fourth-order valence-corrected chi connectivity index (χ4v) is 3.56. The van der Waals surface area contributed by atoms with E-state index < -0.39 is 0 Å². The van der Waals surface area contributed by atoms with Crippen molar-refractivity contribution in [2.24, 2.45) is 5.92 Å². The number of amides is 2. The van der Waals surface area contributed by atoms with Gasteiger partial charge in [-0.2, -0.15) is 0 Å². The molecule has 2 amide bonds. The van der Waals surface area contributed by atoms with Crippen LogP contribution in [-0.4, -0.2) is 47.6 Å².